The Kier molecular flexibility index (Phi) is 4.00. The lowest BCUT2D eigenvalue weighted by molar-refractivity contribution is -0.172. The third-order valence-corrected chi connectivity index (χ3v) is 8.06. The van der Waals surface area contributed by atoms with Crippen molar-refractivity contribution in [3.05, 3.63) is 60.9 Å². The van der Waals surface area contributed by atoms with Gasteiger partial charge in [-0.3, -0.25) is 4.79 Å². The topological polar surface area (TPSA) is 81.4 Å². The Morgan fingerprint density at radius 3 is 2.81 bits per heavy atom. The largest absolute Gasteiger partial charge is 0.458 e. The van der Waals surface area contributed by atoms with Crippen LogP contribution in [0.3, 0.4) is 0 Å². The summed E-state index contributed by atoms with van der Waals surface area (Å²) in [6.45, 7) is 6.29. The number of aliphatic hydroxyl groups is 1. The van der Waals surface area contributed by atoms with E-state index in [-0.39, 0.29) is 18.6 Å². The second kappa shape index (κ2) is 6.42. The fraction of sp³-hybridized carbons (Fsp3) is 0.400. The van der Waals surface area contributed by atoms with Crippen LogP contribution in [-0.4, -0.2) is 20.6 Å². The van der Waals surface area contributed by atoms with Crippen molar-refractivity contribution >= 4 is 28.5 Å². The molecular formula is C25H23ClN2O4. The van der Waals surface area contributed by atoms with Crippen LogP contribution in [0.25, 0.3) is 22.3 Å². The first-order valence-electron chi connectivity index (χ1n) is 11.1. The van der Waals surface area contributed by atoms with Gasteiger partial charge in [-0.15, -0.1) is 0 Å². The van der Waals surface area contributed by atoms with Crippen LogP contribution in [0.5, 0.6) is 0 Å². The molecule has 0 fully saturated rings. The molecule has 4 heterocycles. The number of ether oxygens (including phenoxy) is 1. The van der Waals surface area contributed by atoms with E-state index in [0.717, 1.165) is 35.2 Å². The molecule has 6 nitrogen and oxygen atoms in total. The average molecular weight is 451 g/mol. The lowest BCUT2D eigenvalue weighted by Gasteiger charge is -2.31. The highest BCUT2D eigenvalue weighted by atomic mass is 35.5. The van der Waals surface area contributed by atoms with Gasteiger partial charge in [0.1, 0.15) is 6.61 Å². The van der Waals surface area contributed by atoms with Crippen molar-refractivity contribution in [2.45, 2.75) is 64.7 Å². The number of nitrogens with zero attached hydrogens (tertiary/aromatic N) is 2. The summed E-state index contributed by atoms with van der Waals surface area (Å²) < 4.78 is 6.88. The molecule has 6 rings (SSSR count). The number of aromatic nitrogens is 2. The summed E-state index contributed by atoms with van der Waals surface area (Å²) in [5, 5.41) is 12.9. The van der Waals surface area contributed by atoms with Crippen molar-refractivity contribution in [3.63, 3.8) is 0 Å². The maximum Gasteiger partial charge on any atom is 0.343 e. The van der Waals surface area contributed by atoms with Crippen LogP contribution >= 0.6 is 11.6 Å². The van der Waals surface area contributed by atoms with Crippen LogP contribution in [-0.2, 0) is 34.7 Å². The van der Waals surface area contributed by atoms with E-state index < -0.39 is 11.6 Å². The molecule has 0 radical (unpaired) electrons. The molecule has 3 aromatic rings. The van der Waals surface area contributed by atoms with E-state index in [4.69, 9.17) is 21.3 Å². The maximum absolute atomic E-state index is 13.5. The summed E-state index contributed by atoms with van der Waals surface area (Å²) in [4.78, 5) is 30.8. The molecule has 3 aliphatic rings. The van der Waals surface area contributed by atoms with Crippen LogP contribution in [0.15, 0.2) is 16.9 Å². The third-order valence-electron chi connectivity index (χ3n) is 7.67. The van der Waals surface area contributed by atoms with Gasteiger partial charge in [-0.05, 0) is 60.9 Å². The van der Waals surface area contributed by atoms with Crippen molar-refractivity contribution in [1.29, 1.82) is 0 Å². The number of rotatable bonds is 1. The van der Waals surface area contributed by atoms with Gasteiger partial charge in [0.15, 0.2) is 5.60 Å². The van der Waals surface area contributed by atoms with Crippen LogP contribution < -0.4 is 5.56 Å². The van der Waals surface area contributed by atoms with Crippen molar-refractivity contribution < 1.29 is 14.6 Å². The second-order valence-corrected chi connectivity index (χ2v) is 9.66. The molecule has 1 aromatic carbocycles. The first-order chi connectivity index (χ1) is 15.3. The molecule has 32 heavy (non-hydrogen) atoms. The SMILES string of the molecule is CC[C@@]1(O)C(=O)OCc2c1cc1n(c2=O)Cc2c-1nc1cc(Cl)c(C)c3c1c2[C@@H](C)CC3. The lowest BCUT2D eigenvalue weighted by Crippen LogP contribution is -2.44. The Balaban J connectivity index is 1.70. The molecule has 1 aliphatic carbocycles. The Morgan fingerprint density at radius 1 is 1.28 bits per heavy atom. The molecule has 0 bridgehead atoms. The van der Waals surface area contributed by atoms with Gasteiger partial charge in [-0.2, -0.15) is 0 Å². The van der Waals surface area contributed by atoms with E-state index in [1.165, 1.54) is 16.5 Å². The number of esters is 1. The van der Waals surface area contributed by atoms with Gasteiger partial charge in [-0.1, -0.05) is 25.4 Å². The Labute approximate surface area is 189 Å². The zero-order valence-electron chi connectivity index (χ0n) is 18.2. The molecule has 2 aromatic heterocycles. The van der Waals surface area contributed by atoms with E-state index >= 15 is 0 Å². The first-order valence-corrected chi connectivity index (χ1v) is 11.5. The predicted molar refractivity (Wildman–Crippen MR) is 121 cm³/mol. The normalized spacial score (nSPS) is 23.0. The lowest BCUT2D eigenvalue weighted by atomic mass is 9.79. The minimum Gasteiger partial charge on any atom is -0.458 e. The van der Waals surface area contributed by atoms with Gasteiger partial charge < -0.3 is 14.4 Å². The second-order valence-electron chi connectivity index (χ2n) is 9.25. The molecule has 0 saturated heterocycles. The maximum atomic E-state index is 13.5. The molecule has 0 spiro atoms. The predicted octanol–water partition coefficient (Wildman–Crippen LogP) is 4.09. The summed E-state index contributed by atoms with van der Waals surface area (Å²) in [6, 6.07) is 3.68. The van der Waals surface area contributed by atoms with Gasteiger partial charge in [0.05, 0.1) is 29.0 Å². The summed E-state index contributed by atoms with van der Waals surface area (Å²) in [5.74, 6) is -0.378. The standard InChI is InChI=1S/C25H23ClN2O4/c1-4-25(31)16-7-19-22-14(9-28(19)23(29)15(16)10-32-24(25)30)20-11(2)5-6-13-12(3)17(26)8-18(27-22)21(13)20/h7-8,11,31H,4-6,9-10H2,1-3H3/t11-,25-/m0/s1. The molecule has 2 aliphatic heterocycles. The average Bonchev–Trinajstić information content (AvgIpc) is 3.14. The Hall–Kier alpha value is -2.70. The van der Waals surface area contributed by atoms with Gasteiger partial charge in [0.2, 0.25) is 0 Å². The number of halogens is 1. The number of benzene rings is 1. The summed E-state index contributed by atoms with van der Waals surface area (Å²) in [5.41, 5.74) is 5.48. The number of cyclic esters (lactones) is 1. The minimum absolute atomic E-state index is 0.121. The molecule has 164 valence electrons. The van der Waals surface area contributed by atoms with Crippen molar-refractivity contribution in [2.75, 3.05) is 0 Å². The van der Waals surface area contributed by atoms with Crippen LogP contribution in [0.2, 0.25) is 5.02 Å². The number of aryl methyl sites for hydroxylation is 1. The molecule has 1 N–H and O–H groups in total. The number of hydrogen-bond donors (Lipinski definition) is 1. The molecule has 0 unspecified atom stereocenters. The molecule has 0 saturated carbocycles. The number of hydrogen-bond acceptors (Lipinski definition) is 5. The molecule has 0 amide bonds. The van der Waals surface area contributed by atoms with Crippen molar-refractivity contribution in [2.24, 2.45) is 0 Å². The highest BCUT2D eigenvalue weighted by Crippen LogP contribution is 2.46. The van der Waals surface area contributed by atoms with Gasteiger partial charge in [0.25, 0.3) is 5.56 Å². The number of pyridine rings is 2. The van der Waals surface area contributed by atoms with Crippen LogP contribution in [0, 0.1) is 6.92 Å². The summed E-state index contributed by atoms with van der Waals surface area (Å²) in [7, 11) is 0. The minimum atomic E-state index is -1.82. The van der Waals surface area contributed by atoms with Gasteiger partial charge in [0, 0.05) is 21.5 Å². The highest BCUT2D eigenvalue weighted by molar-refractivity contribution is 6.32. The number of carbonyl (C=O) groups is 1. The van der Waals surface area contributed by atoms with Gasteiger partial charge in [-0.25, -0.2) is 9.78 Å². The molecular weight excluding hydrogens is 428 g/mol. The summed E-state index contributed by atoms with van der Waals surface area (Å²) in [6.07, 6.45) is 2.10. The molecule has 7 heteroatoms. The Morgan fingerprint density at radius 2 is 2.06 bits per heavy atom. The van der Waals surface area contributed by atoms with Crippen LogP contribution in [0.1, 0.15) is 66.0 Å². The quantitative estimate of drug-likeness (QED) is 0.442. The summed E-state index contributed by atoms with van der Waals surface area (Å²) >= 11 is 6.55. The van der Waals surface area contributed by atoms with E-state index in [2.05, 4.69) is 13.8 Å². The van der Waals surface area contributed by atoms with E-state index in [1.807, 2.05) is 6.07 Å². The van der Waals surface area contributed by atoms with E-state index in [0.29, 0.717) is 34.3 Å². The molecule has 2 atom stereocenters. The van der Waals surface area contributed by atoms with Crippen molar-refractivity contribution in [1.82, 2.24) is 9.55 Å². The van der Waals surface area contributed by atoms with Gasteiger partial charge >= 0.3 is 5.97 Å². The zero-order chi connectivity index (χ0) is 22.5. The number of fused-ring (bicyclic) bond motifs is 5. The Bertz CT molecular complexity index is 1440. The highest BCUT2D eigenvalue weighted by Gasteiger charge is 2.45. The number of carbonyl (C=O) groups excluding carboxylic acids is 1. The smallest absolute Gasteiger partial charge is 0.343 e. The first kappa shape index (κ1) is 19.9. The van der Waals surface area contributed by atoms with E-state index in [9.17, 15) is 14.7 Å². The van der Waals surface area contributed by atoms with E-state index in [1.54, 1.807) is 17.6 Å². The van der Waals surface area contributed by atoms with Crippen LogP contribution in [0.4, 0.5) is 0 Å². The third kappa shape index (κ3) is 2.32. The fourth-order valence-corrected chi connectivity index (χ4v) is 6.00. The van der Waals surface area contributed by atoms with Crippen molar-refractivity contribution in [3.8, 4) is 11.4 Å². The zero-order valence-corrected chi connectivity index (χ0v) is 19.0. The monoisotopic (exact) mass is 450 g/mol. The fourth-order valence-electron chi connectivity index (χ4n) is 5.79.